The van der Waals surface area contributed by atoms with Gasteiger partial charge in [-0.05, 0) is 0 Å². The first kappa shape index (κ1) is 8.01. The summed E-state index contributed by atoms with van der Waals surface area (Å²) >= 11 is 3.17. The lowest BCUT2D eigenvalue weighted by Crippen LogP contribution is -2.47. The van der Waals surface area contributed by atoms with E-state index in [4.69, 9.17) is 4.74 Å². The van der Waals surface area contributed by atoms with Gasteiger partial charge in [0.05, 0.1) is 5.92 Å². The molecule has 0 unspecified atom stereocenters. The lowest BCUT2D eigenvalue weighted by molar-refractivity contribution is -0.149. The van der Waals surface area contributed by atoms with Gasteiger partial charge in [0.15, 0.2) is 0 Å². The molecule has 4 heteroatoms. The van der Waals surface area contributed by atoms with Crippen LogP contribution in [0.5, 0.6) is 0 Å². The Balaban J connectivity index is 2.08. The van der Waals surface area contributed by atoms with Crippen LogP contribution in [0.3, 0.4) is 0 Å². The third-order valence-corrected chi connectivity index (χ3v) is 1.76. The third-order valence-electron chi connectivity index (χ3n) is 1.44. The number of ether oxygens (including phenoxy) is 1. The van der Waals surface area contributed by atoms with Gasteiger partial charge in [-0.2, -0.15) is 0 Å². The molecule has 1 aliphatic heterocycles. The van der Waals surface area contributed by atoms with E-state index in [1.165, 1.54) is 0 Å². The van der Waals surface area contributed by atoms with Crippen LogP contribution >= 0.6 is 15.9 Å². The van der Waals surface area contributed by atoms with Crippen LogP contribution in [0.25, 0.3) is 0 Å². The molecule has 0 aromatic heterocycles. The second kappa shape index (κ2) is 3.93. The average molecular weight is 208 g/mol. The lowest BCUT2D eigenvalue weighted by atomic mass is 10.0. The Morgan fingerprint density at radius 2 is 2.40 bits per heavy atom. The topological polar surface area (TPSA) is 38.3 Å². The van der Waals surface area contributed by atoms with Crippen molar-refractivity contribution in [2.75, 3.05) is 25.0 Å². The largest absolute Gasteiger partial charge is 0.465 e. The maximum atomic E-state index is 10.9. The molecule has 1 rings (SSSR count). The fourth-order valence-corrected chi connectivity index (χ4v) is 0.874. The molecule has 0 aliphatic carbocycles. The van der Waals surface area contributed by atoms with Gasteiger partial charge in [0.1, 0.15) is 6.61 Å². The molecule has 58 valence electrons. The van der Waals surface area contributed by atoms with Crippen molar-refractivity contribution in [1.82, 2.24) is 5.32 Å². The number of nitrogens with one attached hydrogen (secondary N) is 1. The zero-order valence-electron chi connectivity index (χ0n) is 5.60. The molecule has 1 N–H and O–H groups in total. The monoisotopic (exact) mass is 207 g/mol. The number of hydrogen-bond acceptors (Lipinski definition) is 3. The van der Waals surface area contributed by atoms with Gasteiger partial charge in [0.25, 0.3) is 0 Å². The first-order valence-corrected chi connectivity index (χ1v) is 4.40. The zero-order valence-corrected chi connectivity index (χ0v) is 7.19. The quantitative estimate of drug-likeness (QED) is 0.529. The van der Waals surface area contributed by atoms with E-state index in [0.717, 1.165) is 18.4 Å². The van der Waals surface area contributed by atoms with Gasteiger partial charge >= 0.3 is 5.97 Å². The molecule has 1 heterocycles. The van der Waals surface area contributed by atoms with Crippen LogP contribution in [0, 0.1) is 5.92 Å². The SMILES string of the molecule is O=C(OCCBr)C1CNC1. The van der Waals surface area contributed by atoms with Gasteiger partial charge in [-0.1, -0.05) is 15.9 Å². The van der Waals surface area contributed by atoms with Crippen LogP contribution in [0.15, 0.2) is 0 Å². The molecule has 0 radical (unpaired) electrons. The summed E-state index contributed by atoms with van der Waals surface area (Å²) in [5, 5.41) is 3.73. The Labute approximate surface area is 68.3 Å². The smallest absolute Gasteiger partial charge is 0.311 e. The van der Waals surface area contributed by atoms with E-state index in [0.29, 0.717) is 6.61 Å². The number of rotatable bonds is 3. The molecule has 3 nitrogen and oxygen atoms in total. The summed E-state index contributed by atoms with van der Waals surface area (Å²) in [4.78, 5) is 10.9. The summed E-state index contributed by atoms with van der Waals surface area (Å²) in [5.41, 5.74) is 0. The van der Waals surface area contributed by atoms with Crippen LogP contribution in [0.1, 0.15) is 0 Å². The second-order valence-corrected chi connectivity index (χ2v) is 3.00. The molecule has 1 fully saturated rings. The van der Waals surface area contributed by atoms with Crippen molar-refractivity contribution >= 4 is 21.9 Å². The van der Waals surface area contributed by atoms with E-state index in [-0.39, 0.29) is 11.9 Å². The van der Waals surface area contributed by atoms with E-state index in [2.05, 4.69) is 21.2 Å². The van der Waals surface area contributed by atoms with E-state index >= 15 is 0 Å². The van der Waals surface area contributed by atoms with Gasteiger partial charge in [-0.15, -0.1) is 0 Å². The highest BCUT2D eigenvalue weighted by atomic mass is 79.9. The molecule has 0 bridgehead atoms. The molecule has 1 saturated heterocycles. The van der Waals surface area contributed by atoms with Crippen molar-refractivity contribution in [3.8, 4) is 0 Å². The van der Waals surface area contributed by atoms with Gasteiger partial charge in [0.2, 0.25) is 0 Å². The number of carbonyl (C=O) groups is 1. The Morgan fingerprint density at radius 1 is 1.70 bits per heavy atom. The minimum absolute atomic E-state index is 0.0711. The van der Waals surface area contributed by atoms with Crippen molar-refractivity contribution in [1.29, 1.82) is 0 Å². The molecule has 0 aromatic carbocycles. The van der Waals surface area contributed by atoms with Gasteiger partial charge < -0.3 is 10.1 Å². The zero-order chi connectivity index (χ0) is 7.40. The molecular formula is C6H10BrNO2. The summed E-state index contributed by atoms with van der Waals surface area (Å²) in [6, 6.07) is 0. The molecule has 0 spiro atoms. The number of hydrogen-bond donors (Lipinski definition) is 1. The number of alkyl halides is 1. The van der Waals surface area contributed by atoms with Crippen LogP contribution in [-0.2, 0) is 9.53 Å². The van der Waals surface area contributed by atoms with E-state index < -0.39 is 0 Å². The predicted octanol–water partition coefficient (Wildman–Crippen LogP) is 0.144. The van der Waals surface area contributed by atoms with Gasteiger partial charge in [0, 0.05) is 18.4 Å². The van der Waals surface area contributed by atoms with Crippen LogP contribution in [0.4, 0.5) is 0 Å². The Bertz CT molecular complexity index is 125. The van der Waals surface area contributed by atoms with Crippen molar-refractivity contribution in [3.05, 3.63) is 0 Å². The Hall–Kier alpha value is -0.0900. The maximum Gasteiger partial charge on any atom is 0.311 e. The van der Waals surface area contributed by atoms with Crippen LogP contribution in [0.2, 0.25) is 0 Å². The number of carbonyl (C=O) groups excluding carboxylic acids is 1. The Morgan fingerprint density at radius 3 is 2.80 bits per heavy atom. The molecule has 0 saturated carbocycles. The summed E-state index contributed by atoms with van der Waals surface area (Å²) < 4.78 is 4.87. The van der Waals surface area contributed by atoms with Crippen LogP contribution in [-0.4, -0.2) is 31.0 Å². The van der Waals surface area contributed by atoms with Crippen molar-refractivity contribution in [3.63, 3.8) is 0 Å². The van der Waals surface area contributed by atoms with Crippen molar-refractivity contribution in [2.45, 2.75) is 0 Å². The van der Waals surface area contributed by atoms with Crippen molar-refractivity contribution in [2.24, 2.45) is 5.92 Å². The van der Waals surface area contributed by atoms with E-state index in [1.807, 2.05) is 0 Å². The van der Waals surface area contributed by atoms with Crippen molar-refractivity contribution < 1.29 is 9.53 Å². The average Bonchev–Trinajstić information content (AvgIpc) is 1.79. The highest BCUT2D eigenvalue weighted by Gasteiger charge is 2.25. The third kappa shape index (κ3) is 1.95. The fourth-order valence-electron chi connectivity index (χ4n) is 0.712. The Kier molecular flexibility index (Phi) is 3.15. The van der Waals surface area contributed by atoms with Crippen LogP contribution < -0.4 is 5.32 Å². The molecule has 0 aromatic rings. The minimum atomic E-state index is -0.0711. The summed E-state index contributed by atoms with van der Waals surface area (Å²) in [7, 11) is 0. The van der Waals surface area contributed by atoms with E-state index in [9.17, 15) is 4.79 Å². The maximum absolute atomic E-state index is 10.9. The lowest BCUT2D eigenvalue weighted by Gasteiger charge is -2.24. The number of halogens is 1. The highest BCUT2D eigenvalue weighted by molar-refractivity contribution is 9.09. The number of esters is 1. The first-order chi connectivity index (χ1) is 4.84. The molecule has 10 heavy (non-hydrogen) atoms. The molecule has 0 amide bonds. The fraction of sp³-hybridized carbons (Fsp3) is 0.833. The second-order valence-electron chi connectivity index (χ2n) is 2.21. The predicted molar refractivity (Wildman–Crippen MR) is 41.1 cm³/mol. The minimum Gasteiger partial charge on any atom is -0.465 e. The van der Waals surface area contributed by atoms with Gasteiger partial charge in [-0.25, -0.2) is 0 Å². The highest BCUT2D eigenvalue weighted by Crippen LogP contribution is 2.04. The van der Waals surface area contributed by atoms with E-state index in [1.54, 1.807) is 0 Å². The molecular weight excluding hydrogens is 198 g/mol. The summed E-state index contributed by atoms with van der Waals surface area (Å²) in [5.74, 6) is 0.0391. The first-order valence-electron chi connectivity index (χ1n) is 3.28. The summed E-state index contributed by atoms with van der Waals surface area (Å²) in [6.07, 6.45) is 0. The summed E-state index contributed by atoms with van der Waals surface area (Å²) in [6.45, 7) is 2.04. The molecule has 0 atom stereocenters. The van der Waals surface area contributed by atoms with Gasteiger partial charge in [-0.3, -0.25) is 4.79 Å². The molecule has 1 aliphatic rings. The normalized spacial score (nSPS) is 18.1. The standard InChI is InChI=1S/C6H10BrNO2/c7-1-2-10-6(9)5-3-8-4-5/h5,8H,1-4H2.